The van der Waals surface area contributed by atoms with E-state index in [2.05, 4.69) is 46.4 Å². The lowest BCUT2D eigenvalue weighted by Crippen LogP contribution is -2.41. The molecule has 0 aromatic rings. The number of carbonyl (C=O) groups is 1. The number of rotatable bonds is 4. The molecule has 1 fully saturated rings. The number of carbonyl (C=O) groups excluding carboxylic acids is 1. The number of nitrogens with zero attached hydrogens (tertiary/aromatic N) is 1. The van der Waals surface area contributed by atoms with Crippen LogP contribution in [0.25, 0.3) is 0 Å². The van der Waals surface area contributed by atoms with Crippen LogP contribution in [0.1, 0.15) is 60.8 Å². The van der Waals surface area contributed by atoms with E-state index in [1.165, 1.54) is 0 Å². The fourth-order valence-electron chi connectivity index (χ4n) is 3.06. The van der Waals surface area contributed by atoms with Gasteiger partial charge < -0.3 is 4.90 Å². The lowest BCUT2D eigenvalue weighted by molar-refractivity contribution is -0.127. The molecule has 1 rings (SSSR count). The molecule has 0 bridgehead atoms. The van der Waals surface area contributed by atoms with Gasteiger partial charge in [-0.05, 0) is 44.6 Å². The Kier molecular flexibility index (Phi) is 5.39. The third-order valence-corrected chi connectivity index (χ3v) is 4.58. The van der Waals surface area contributed by atoms with Crippen LogP contribution < -0.4 is 0 Å². The average Bonchev–Trinajstić information content (AvgIpc) is 2.25. The van der Waals surface area contributed by atoms with Gasteiger partial charge in [-0.25, -0.2) is 0 Å². The Labute approximate surface area is 113 Å². The molecule has 1 saturated carbocycles. The minimum Gasteiger partial charge on any atom is -0.300 e. The number of Topliss-reactive ketones (excluding diaryl/α,β-unsaturated/α-hetero) is 1. The molecule has 0 spiro atoms. The van der Waals surface area contributed by atoms with Crippen LogP contribution in [0.3, 0.4) is 0 Å². The minimum absolute atomic E-state index is 0.269. The molecule has 18 heavy (non-hydrogen) atoms. The van der Waals surface area contributed by atoms with Gasteiger partial charge in [0.25, 0.3) is 0 Å². The van der Waals surface area contributed by atoms with E-state index in [9.17, 15) is 4.79 Å². The van der Waals surface area contributed by atoms with E-state index in [4.69, 9.17) is 0 Å². The Morgan fingerprint density at radius 3 is 2.39 bits per heavy atom. The summed E-state index contributed by atoms with van der Waals surface area (Å²) in [6.07, 6.45) is 2.97. The van der Waals surface area contributed by atoms with Gasteiger partial charge in [0.1, 0.15) is 5.78 Å². The van der Waals surface area contributed by atoms with Crippen LogP contribution in [0.15, 0.2) is 0 Å². The van der Waals surface area contributed by atoms with Crippen molar-refractivity contribution in [3.8, 4) is 0 Å². The minimum atomic E-state index is 0.269. The van der Waals surface area contributed by atoms with Crippen molar-refractivity contribution in [1.29, 1.82) is 0 Å². The quantitative estimate of drug-likeness (QED) is 0.760. The fourth-order valence-corrected chi connectivity index (χ4v) is 3.06. The summed E-state index contributed by atoms with van der Waals surface area (Å²) in [5, 5.41) is 0. The second-order valence-corrected chi connectivity index (χ2v) is 7.18. The van der Waals surface area contributed by atoms with Crippen LogP contribution in [-0.4, -0.2) is 29.8 Å². The van der Waals surface area contributed by atoms with Gasteiger partial charge in [-0.2, -0.15) is 0 Å². The number of hydrogen-bond donors (Lipinski definition) is 0. The van der Waals surface area contributed by atoms with Crippen LogP contribution in [0.2, 0.25) is 0 Å². The molecule has 0 saturated heterocycles. The smallest absolute Gasteiger partial charge is 0.137 e. The third-order valence-electron chi connectivity index (χ3n) is 4.58. The topological polar surface area (TPSA) is 20.3 Å². The average molecular weight is 253 g/mol. The maximum absolute atomic E-state index is 12.1. The maximum atomic E-state index is 12.1. The van der Waals surface area contributed by atoms with Gasteiger partial charge in [-0.3, -0.25) is 4.79 Å². The van der Waals surface area contributed by atoms with Gasteiger partial charge in [-0.1, -0.05) is 27.7 Å². The molecule has 2 unspecified atom stereocenters. The summed E-state index contributed by atoms with van der Waals surface area (Å²) < 4.78 is 0. The molecule has 106 valence electrons. The SMILES string of the molecule is CCN(CC1CC(C(C)(C)C)CCC1=O)C(C)C. The van der Waals surface area contributed by atoms with Crippen LogP contribution in [-0.2, 0) is 4.79 Å². The maximum Gasteiger partial charge on any atom is 0.137 e. The van der Waals surface area contributed by atoms with Gasteiger partial charge >= 0.3 is 0 Å². The molecule has 0 amide bonds. The zero-order valence-corrected chi connectivity index (χ0v) is 13.1. The molecule has 2 atom stereocenters. The highest BCUT2D eigenvalue weighted by Gasteiger charge is 2.35. The van der Waals surface area contributed by atoms with Crippen molar-refractivity contribution in [2.75, 3.05) is 13.1 Å². The van der Waals surface area contributed by atoms with E-state index < -0.39 is 0 Å². The first kappa shape index (κ1) is 15.7. The molecule has 2 heteroatoms. The first-order valence-electron chi connectivity index (χ1n) is 7.52. The summed E-state index contributed by atoms with van der Waals surface area (Å²) in [5.74, 6) is 1.46. The number of hydrogen-bond acceptors (Lipinski definition) is 2. The summed E-state index contributed by atoms with van der Waals surface area (Å²) in [6, 6.07) is 0.540. The normalized spacial score (nSPS) is 26.1. The molecule has 0 aliphatic heterocycles. The van der Waals surface area contributed by atoms with E-state index in [1.807, 2.05) is 0 Å². The van der Waals surface area contributed by atoms with Gasteiger partial charge in [0.05, 0.1) is 0 Å². The highest BCUT2D eigenvalue weighted by molar-refractivity contribution is 5.82. The van der Waals surface area contributed by atoms with Gasteiger partial charge in [0.2, 0.25) is 0 Å². The lowest BCUT2D eigenvalue weighted by atomic mass is 9.68. The van der Waals surface area contributed by atoms with E-state index >= 15 is 0 Å². The molecule has 1 aliphatic rings. The standard InChI is InChI=1S/C16H31NO/c1-7-17(12(2)3)11-13-10-14(16(4,5)6)8-9-15(13)18/h12-14H,7-11H2,1-6H3. The summed E-state index contributed by atoms with van der Waals surface area (Å²) in [5.41, 5.74) is 0.341. The summed E-state index contributed by atoms with van der Waals surface area (Å²) >= 11 is 0. The van der Waals surface area contributed by atoms with E-state index in [-0.39, 0.29) is 5.92 Å². The second kappa shape index (κ2) is 6.18. The van der Waals surface area contributed by atoms with Crippen LogP contribution >= 0.6 is 0 Å². The van der Waals surface area contributed by atoms with Gasteiger partial charge in [0.15, 0.2) is 0 Å². The van der Waals surface area contributed by atoms with Crippen molar-refractivity contribution in [3.63, 3.8) is 0 Å². The second-order valence-electron chi connectivity index (χ2n) is 7.18. The Morgan fingerprint density at radius 1 is 1.33 bits per heavy atom. The van der Waals surface area contributed by atoms with Crippen molar-refractivity contribution in [2.24, 2.45) is 17.3 Å². The third kappa shape index (κ3) is 4.08. The van der Waals surface area contributed by atoms with Crippen LogP contribution in [0.5, 0.6) is 0 Å². The first-order chi connectivity index (χ1) is 8.25. The summed E-state index contributed by atoms with van der Waals surface area (Å²) in [7, 11) is 0. The Hall–Kier alpha value is -0.370. The van der Waals surface area contributed by atoms with Gasteiger partial charge in [0, 0.05) is 24.9 Å². The molecular weight excluding hydrogens is 222 g/mol. The zero-order chi connectivity index (χ0) is 13.9. The Balaban J connectivity index is 2.65. The van der Waals surface area contributed by atoms with E-state index in [0.717, 1.165) is 32.4 Å². The van der Waals surface area contributed by atoms with Crippen molar-refractivity contribution < 1.29 is 4.79 Å². The fraction of sp³-hybridized carbons (Fsp3) is 0.938. The first-order valence-corrected chi connectivity index (χ1v) is 7.52. The molecule has 0 aromatic heterocycles. The molecule has 0 N–H and O–H groups in total. The summed E-state index contributed by atoms with van der Waals surface area (Å²) in [6.45, 7) is 15.6. The predicted octanol–water partition coefficient (Wildman–Crippen LogP) is 3.75. The van der Waals surface area contributed by atoms with Gasteiger partial charge in [-0.15, -0.1) is 0 Å². The van der Waals surface area contributed by atoms with Crippen molar-refractivity contribution >= 4 is 5.78 Å². The van der Waals surface area contributed by atoms with E-state index in [0.29, 0.717) is 23.2 Å². The van der Waals surface area contributed by atoms with E-state index in [1.54, 1.807) is 0 Å². The van der Waals surface area contributed by atoms with Crippen molar-refractivity contribution in [1.82, 2.24) is 4.90 Å². The van der Waals surface area contributed by atoms with Crippen LogP contribution in [0.4, 0.5) is 0 Å². The molecule has 2 nitrogen and oxygen atoms in total. The molecule has 0 heterocycles. The lowest BCUT2D eigenvalue weighted by Gasteiger charge is -2.39. The largest absolute Gasteiger partial charge is 0.300 e. The predicted molar refractivity (Wildman–Crippen MR) is 77.7 cm³/mol. The zero-order valence-electron chi connectivity index (χ0n) is 13.1. The molecule has 0 aromatic carbocycles. The highest BCUT2D eigenvalue weighted by atomic mass is 16.1. The van der Waals surface area contributed by atoms with Crippen LogP contribution in [0, 0.1) is 17.3 Å². The molecule has 1 aliphatic carbocycles. The molecule has 0 radical (unpaired) electrons. The Morgan fingerprint density at radius 2 is 1.94 bits per heavy atom. The highest BCUT2D eigenvalue weighted by Crippen LogP contribution is 2.39. The summed E-state index contributed by atoms with van der Waals surface area (Å²) in [4.78, 5) is 14.5. The monoisotopic (exact) mass is 253 g/mol. The molecular formula is C16H31NO. The van der Waals surface area contributed by atoms with Crippen molar-refractivity contribution in [3.05, 3.63) is 0 Å². The van der Waals surface area contributed by atoms with Crippen molar-refractivity contribution in [2.45, 2.75) is 66.8 Å². The number of ketones is 1. The Bertz CT molecular complexity index is 275.